The molecule has 14 rings (SSSR count). The molecule has 2 atom stereocenters. The van der Waals surface area contributed by atoms with Crippen molar-refractivity contribution >= 4 is 122 Å². The number of aryl methyl sites for hydroxylation is 2. The lowest BCUT2D eigenvalue weighted by molar-refractivity contribution is 0.194. The van der Waals surface area contributed by atoms with Crippen LogP contribution in [0, 0.1) is 13.8 Å². The molecule has 4 nitrogen and oxygen atoms in total. The molecule has 5 heterocycles. The molecule has 1 fully saturated rings. The Labute approximate surface area is 429 Å². The van der Waals surface area contributed by atoms with Crippen LogP contribution in [0.1, 0.15) is 109 Å². The second kappa shape index (κ2) is 14.9. The number of anilines is 8. The van der Waals surface area contributed by atoms with Gasteiger partial charge in [0.05, 0.1) is 21.6 Å². The number of rotatable bonds is 3. The van der Waals surface area contributed by atoms with E-state index in [1.165, 1.54) is 123 Å². The van der Waals surface area contributed by atoms with Gasteiger partial charge in [-0.2, -0.15) is 0 Å². The molecule has 4 aliphatic rings. The Morgan fingerprint density at radius 2 is 1.14 bits per heavy atom. The second-order valence-electron chi connectivity index (χ2n) is 24.2. The van der Waals surface area contributed by atoms with Crippen LogP contribution in [-0.2, 0) is 16.2 Å². The predicted octanol–water partition coefficient (Wildman–Crippen LogP) is 17.0. The van der Waals surface area contributed by atoms with Gasteiger partial charge in [0.1, 0.15) is 5.58 Å². The molecule has 6 heteroatoms. The average Bonchev–Trinajstić information content (AvgIpc) is 3.99. The topological polar surface area (TPSA) is 22.9 Å². The summed E-state index contributed by atoms with van der Waals surface area (Å²) in [6.45, 7) is 23.9. The highest BCUT2D eigenvalue weighted by Crippen LogP contribution is 2.63. The number of fused-ring (bicyclic) bond motifs is 13. The number of para-hydroxylation sites is 2. The minimum atomic E-state index is -0.162. The van der Waals surface area contributed by atoms with Crippen molar-refractivity contribution in [2.75, 3.05) is 14.7 Å². The third-order valence-corrected chi connectivity index (χ3v) is 19.0. The summed E-state index contributed by atoms with van der Waals surface area (Å²) in [6.07, 6.45) is 4.74. The van der Waals surface area contributed by atoms with Gasteiger partial charge >= 0.3 is 0 Å². The first-order valence-electron chi connectivity index (χ1n) is 26.3. The van der Waals surface area contributed by atoms with E-state index >= 15 is 0 Å². The molecule has 0 saturated heterocycles. The maximum Gasteiger partial charge on any atom is 0.252 e. The lowest BCUT2D eigenvalue weighted by Crippen LogP contribution is -2.61. The largest absolute Gasteiger partial charge is 0.454 e. The molecule has 0 spiro atoms. The van der Waals surface area contributed by atoms with Crippen molar-refractivity contribution in [3.05, 3.63) is 173 Å². The van der Waals surface area contributed by atoms with Gasteiger partial charge in [0.25, 0.3) is 6.71 Å². The quantitative estimate of drug-likeness (QED) is 0.165. The zero-order valence-electron chi connectivity index (χ0n) is 43.4. The summed E-state index contributed by atoms with van der Waals surface area (Å²) in [5, 5.41) is 4.88. The smallest absolute Gasteiger partial charge is 0.252 e. The summed E-state index contributed by atoms with van der Waals surface area (Å²) in [7, 11) is 0. The summed E-state index contributed by atoms with van der Waals surface area (Å²) in [5.41, 5.74) is 22.1. The first kappa shape index (κ1) is 44.0. The van der Waals surface area contributed by atoms with Gasteiger partial charge in [-0.05, 0) is 143 Å². The fourth-order valence-electron chi connectivity index (χ4n) is 14.1. The minimum absolute atomic E-state index is 0.0294. The zero-order chi connectivity index (χ0) is 49.4. The third kappa shape index (κ3) is 5.93. The Kier molecular flexibility index (Phi) is 9.11. The number of hydrogen-bond acceptors (Lipinski definition) is 5. The standard InChI is InChI=1S/C66H62BN3OS/c1-39-33-40(2)59-54(34-39)70(66(10)32-16-15-31-65(59,66)9)43-37-55-60-56(38-43)69(51-24-18-22-47-45-20-12-14-26-58(45)72-62(47)51)53-36-42(64(6,7)8)28-30-49(53)67(60)48-29-27-41(63(3,4)5)35-52(48)68(55)50-23-17-21-46-44-19-11-13-25-57(44)71-61(46)50/h11-14,17-30,33-38H,15-16,31-32H2,1-10H3. The van der Waals surface area contributed by atoms with Crippen molar-refractivity contribution in [2.45, 2.75) is 117 Å². The normalized spacial score (nSPS) is 19.3. The van der Waals surface area contributed by atoms with E-state index in [1.54, 1.807) is 0 Å². The zero-order valence-corrected chi connectivity index (χ0v) is 44.2. The molecule has 10 aromatic rings. The van der Waals surface area contributed by atoms with E-state index in [0.717, 1.165) is 34.0 Å². The molecule has 1 aliphatic carbocycles. The molecular formula is C66H62BN3OS. The van der Waals surface area contributed by atoms with Crippen LogP contribution in [0.3, 0.4) is 0 Å². The number of furan rings is 1. The second-order valence-corrected chi connectivity index (χ2v) is 25.2. The lowest BCUT2D eigenvalue weighted by Gasteiger charge is -2.51. The van der Waals surface area contributed by atoms with Gasteiger partial charge in [-0.3, -0.25) is 0 Å². The van der Waals surface area contributed by atoms with Gasteiger partial charge in [0.2, 0.25) is 0 Å². The summed E-state index contributed by atoms with van der Waals surface area (Å²) < 4.78 is 9.69. The fourth-order valence-corrected chi connectivity index (χ4v) is 15.4. The van der Waals surface area contributed by atoms with Gasteiger partial charge in [0, 0.05) is 65.8 Å². The van der Waals surface area contributed by atoms with Crippen LogP contribution in [0.25, 0.3) is 42.1 Å². The summed E-state index contributed by atoms with van der Waals surface area (Å²) in [4.78, 5) is 8.13. The van der Waals surface area contributed by atoms with Crippen molar-refractivity contribution in [1.29, 1.82) is 0 Å². The van der Waals surface area contributed by atoms with Crippen molar-refractivity contribution in [1.82, 2.24) is 0 Å². The number of benzene rings is 8. The van der Waals surface area contributed by atoms with Crippen LogP contribution in [0.15, 0.2) is 150 Å². The lowest BCUT2D eigenvalue weighted by atomic mass is 9.33. The molecular weight excluding hydrogens is 894 g/mol. The number of thiophene rings is 1. The highest BCUT2D eigenvalue weighted by Gasteiger charge is 2.59. The van der Waals surface area contributed by atoms with Crippen LogP contribution in [-0.4, -0.2) is 12.3 Å². The van der Waals surface area contributed by atoms with E-state index in [0.29, 0.717) is 0 Å². The monoisotopic (exact) mass is 955 g/mol. The highest BCUT2D eigenvalue weighted by atomic mass is 32.1. The van der Waals surface area contributed by atoms with Crippen LogP contribution in [0.4, 0.5) is 45.5 Å². The first-order valence-corrected chi connectivity index (χ1v) is 27.1. The van der Waals surface area contributed by atoms with Crippen LogP contribution in [0.5, 0.6) is 0 Å². The highest BCUT2D eigenvalue weighted by molar-refractivity contribution is 7.26. The van der Waals surface area contributed by atoms with Gasteiger partial charge in [0.15, 0.2) is 5.58 Å². The molecule has 0 amide bonds. The maximum absolute atomic E-state index is 7.07. The fraction of sp³-hybridized carbons (Fsp3) is 0.273. The van der Waals surface area contributed by atoms with Gasteiger partial charge in [-0.25, -0.2) is 0 Å². The van der Waals surface area contributed by atoms with Crippen molar-refractivity contribution in [3.63, 3.8) is 0 Å². The average molecular weight is 956 g/mol. The Hall–Kier alpha value is -6.76. The summed E-state index contributed by atoms with van der Waals surface area (Å²) in [6, 6.07) is 56.3. The molecule has 0 N–H and O–H groups in total. The Morgan fingerprint density at radius 1 is 0.542 bits per heavy atom. The predicted molar refractivity (Wildman–Crippen MR) is 310 cm³/mol. The minimum Gasteiger partial charge on any atom is -0.454 e. The van der Waals surface area contributed by atoms with Gasteiger partial charge in [-0.1, -0.05) is 152 Å². The van der Waals surface area contributed by atoms with Crippen LogP contribution in [0.2, 0.25) is 0 Å². The molecule has 3 aliphatic heterocycles. The van der Waals surface area contributed by atoms with Gasteiger partial charge < -0.3 is 19.1 Å². The molecule has 1 saturated carbocycles. The van der Waals surface area contributed by atoms with E-state index in [9.17, 15) is 0 Å². The SMILES string of the molecule is Cc1cc(C)c2c(c1)N(c1cc3c4c(c1)N(c1cccc5c1sc1ccccc15)c1cc(C(C)(C)C)ccc1B4c1ccc(C(C)(C)C)cc1N3c1cccc3c1oc1ccccc13)C1(C)CCCCC21C. The molecule has 0 radical (unpaired) electrons. The van der Waals surface area contributed by atoms with Crippen molar-refractivity contribution < 1.29 is 4.42 Å². The van der Waals surface area contributed by atoms with E-state index in [-0.39, 0.29) is 28.5 Å². The Bertz CT molecular complexity index is 3750. The third-order valence-electron chi connectivity index (χ3n) is 17.8. The van der Waals surface area contributed by atoms with Crippen LogP contribution < -0.4 is 31.1 Å². The molecule has 72 heavy (non-hydrogen) atoms. The van der Waals surface area contributed by atoms with E-state index in [1.807, 2.05) is 11.3 Å². The summed E-state index contributed by atoms with van der Waals surface area (Å²) in [5.74, 6) is 0. The number of hydrogen-bond donors (Lipinski definition) is 0. The molecule has 8 aromatic carbocycles. The number of nitrogens with zero attached hydrogens (tertiary/aromatic N) is 3. The first-order chi connectivity index (χ1) is 34.5. The molecule has 0 bridgehead atoms. The maximum atomic E-state index is 7.07. The van der Waals surface area contributed by atoms with Crippen molar-refractivity contribution in [3.8, 4) is 0 Å². The Morgan fingerprint density at radius 3 is 1.83 bits per heavy atom. The van der Waals surface area contributed by atoms with Gasteiger partial charge in [-0.15, -0.1) is 11.3 Å². The van der Waals surface area contributed by atoms with E-state index in [2.05, 4.69) is 230 Å². The van der Waals surface area contributed by atoms with Crippen LogP contribution >= 0.6 is 11.3 Å². The molecule has 356 valence electrons. The Balaban J connectivity index is 1.16. The van der Waals surface area contributed by atoms with E-state index in [4.69, 9.17) is 4.42 Å². The molecule has 2 aromatic heterocycles. The van der Waals surface area contributed by atoms with E-state index < -0.39 is 0 Å². The summed E-state index contributed by atoms with van der Waals surface area (Å²) >= 11 is 1.92. The van der Waals surface area contributed by atoms with Crippen molar-refractivity contribution in [2.24, 2.45) is 0 Å². The molecule has 2 unspecified atom stereocenters.